The monoisotopic (exact) mass is 269 g/mol. The van der Waals surface area contributed by atoms with Crippen LogP contribution in [0, 0.1) is 0 Å². The third-order valence-corrected chi connectivity index (χ3v) is 2.94. The largest absolute Gasteiger partial charge is 0.460 e. The number of esters is 1. The molecule has 110 valence electrons. The number of carbonyl (C=O) groups excluding carboxylic acids is 1. The minimum atomic E-state index is -0.433. The van der Waals surface area contributed by atoms with Gasteiger partial charge in [-0.05, 0) is 33.6 Å². The second kappa shape index (κ2) is 7.36. The van der Waals surface area contributed by atoms with Crippen LogP contribution in [0.3, 0.4) is 0 Å². The highest BCUT2D eigenvalue weighted by molar-refractivity contribution is 5.78. The summed E-state index contributed by atoms with van der Waals surface area (Å²) in [5.74, 6) is 0.338. The standard InChI is InChI=1S/C14H27N3O2/c1-14(2,3)19-12(18)8-9-16-13(15)17-10-6-4-5-7-11-17/h4-11H2,1-3H3,(H2,15,16). The number of nitrogens with two attached hydrogens (primary N) is 1. The highest BCUT2D eigenvalue weighted by Gasteiger charge is 2.16. The van der Waals surface area contributed by atoms with E-state index < -0.39 is 5.60 Å². The molecule has 0 aromatic carbocycles. The van der Waals surface area contributed by atoms with E-state index in [1.807, 2.05) is 20.8 Å². The van der Waals surface area contributed by atoms with Crippen LogP contribution >= 0.6 is 0 Å². The van der Waals surface area contributed by atoms with Gasteiger partial charge in [-0.2, -0.15) is 0 Å². The molecule has 1 rings (SSSR count). The van der Waals surface area contributed by atoms with Gasteiger partial charge in [-0.15, -0.1) is 0 Å². The molecular formula is C14H27N3O2. The lowest BCUT2D eigenvalue weighted by Crippen LogP contribution is -2.38. The zero-order chi connectivity index (χ0) is 14.3. The highest BCUT2D eigenvalue weighted by Crippen LogP contribution is 2.10. The number of nitrogens with zero attached hydrogens (tertiary/aromatic N) is 2. The van der Waals surface area contributed by atoms with Gasteiger partial charge in [0.25, 0.3) is 0 Å². The molecule has 1 aliphatic heterocycles. The summed E-state index contributed by atoms with van der Waals surface area (Å²) in [6.07, 6.45) is 5.15. The van der Waals surface area contributed by atoms with Crippen LogP contribution in [-0.4, -0.2) is 42.1 Å². The molecule has 0 aromatic heterocycles. The Morgan fingerprint density at radius 1 is 1.21 bits per heavy atom. The van der Waals surface area contributed by atoms with Crippen LogP contribution in [0.1, 0.15) is 52.9 Å². The van der Waals surface area contributed by atoms with Gasteiger partial charge in [0.1, 0.15) is 5.60 Å². The molecule has 0 spiro atoms. The Kier molecular flexibility index (Phi) is 6.12. The summed E-state index contributed by atoms with van der Waals surface area (Å²) in [5, 5.41) is 0. The van der Waals surface area contributed by atoms with Crippen molar-refractivity contribution in [3.05, 3.63) is 0 Å². The lowest BCUT2D eigenvalue weighted by atomic mass is 10.2. The van der Waals surface area contributed by atoms with Crippen molar-refractivity contribution in [2.75, 3.05) is 19.6 Å². The summed E-state index contributed by atoms with van der Waals surface area (Å²) in [6.45, 7) is 7.93. The molecule has 0 amide bonds. The number of hydrogen-bond donors (Lipinski definition) is 1. The number of likely N-dealkylation sites (tertiary alicyclic amines) is 1. The lowest BCUT2D eigenvalue weighted by molar-refractivity contribution is -0.154. The molecule has 1 heterocycles. The molecule has 5 heteroatoms. The van der Waals surface area contributed by atoms with Crippen LogP contribution in [0.25, 0.3) is 0 Å². The van der Waals surface area contributed by atoms with Gasteiger partial charge < -0.3 is 15.4 Å². The van der Waals surface area contributed by atoms with E-state index in [-0.39, 0.29) is 12.4 Å². The lowest BCUT2D eigenvalue weighted by Gasteiger charge is -2.21. The molecule has 19 heavy (non-hydrogen) atoms. The molecule has 0 aromatic rings. The normalized spacial score (nSPS) is 18.1. The first-order valence-corrected chi connectivity index (χ1v) is 7.15. The molecular weight excluding hydrogens is 242 g/mol. The molecule has 1 aliphatic rings. The average Bonchev–Trinajstić information content (AvgIpc) is 2.54. The van der Waals surface area contributed by atoms with Gasteiger partial charge in [0.05, 0.1) is 13.0 Å². The summed E-state index contributed by atoms with van der Waals surface area (Å²) < 4.78 is 5.22. The van der Waals surface area contributed by atoms with E-state index >= 15 is 0 Å². The average molecular weight is 269 g/mol. The van der Waals surface area contributed by atoms with Gasteiger partial charge in [0, 0.05) is 13.1 Å². The van der Waals surface area contributed by atoms with E-state index in [4.69, 9.17) is 10.5 Å². The van der Waals surface area contributed by atoms with Gasteiger partial charge in [-0.1, -0.05) is 12.8 Å². The molecule has 1 fully saturated rings. The zero-order valence-electron chi connectivity index (χ0n) is 12.4. The van der Waals surface area contributed by atoms with E-state index in [0.29, 0.717) is 12.5 Å². The minimum Gasteiger partial charge on any atom is -0.460 e. The molecule has 1 saturated heterocycles. The van der Waals surface area contributed by atoms with Crippen molar-refractivity contribution in [1.29, 1.82) is 0 Å². The van der Waals surface area contributed by atoms with Crippen molar-refractivity contribution in [2.24, 2.45) is 10.7 Å². The molecule has 0 aliphatic carbocycles. The number of ether oxygens (including phenoxy) is 1. The quantitative estimate of drug-likeness (QED) is 0.483. The second-order valence-corrected chi connectivity index (χ2v) is 5.98. The summed E-state index contributed by atoms with van der Waals surface area (Å²) in [7, 11) is 0. The SMILES string of the molecule is CC(C)(C)OC(=O)CCN=C(N)N1CCCCCC1. The fourth-order valence-corrected chi connectivity index (χ4v) is 2.05. The highest BCUT2D eigenvalue weighted by atomic mass is 16.6. The number of hydrogen-bond acceptors (Lipinski definition) is 3. The Morgan fingerprint density at radius 2 is 1.79 bits per heavy atom. The maximum Gasteiger partial charge on any atom is 0.308 e. The Bertz CT molecular complexity index is 313. The van der Waals surface area contributed by atoms with E-state index in [9.17, 15) is 4.79 Å². The van der Waals surface area contributed by atoms with Crippen LogP contribution < -0.4 is 5.73 Å². The molecule has 0 unspecified atom stereocenters. The molecule has 2 N–H and O–H groups in total. The molecule has 5 nitrogen and oxygen atoms in total. The fourth-order valence-electron chi connectivity index (χ4n) is 2.05. The third-order valence-electron chi connectivity index (χ3n) is 2.94. The first-order chi connectivity index (χ1) is 8.88. The van der Waals surface area contributed by atoms with Gasteiger partial charge in [0.2, 0.25) is 0 Å². The molecule has 0 bridgehead atoms. The summed E-state index contributed by atoms with van der Waals surface area (Å²) in [4.78, 5) is 17.9. The number of guanidine groups is 1. The number of rotatable bonds is 3. The van der Waals surface area contributed by atoms with Gasteiger partial charge in [-0.25, -0.2) is 0 Å². The third kappa shape index (κ3) is 7.03. The van der Waals surface area contributed by atoms with Crippen molar-refractivity contribution in [2.45, 2.75) is 58.5 Å². The van der Waals surface area contributed by atoms with Crippen molar-refractivity contribution >= 4 is 11.9 Å². The summed E-state index contributed by atoms with van der Waals surface area (Å²) >= 11 is 0. The van der Waals surface area contributed by atoms with Gasteiger partial charge in [0.15, 0.2) is 5.96 Å². The molecule has 0 saturated carbocycles. The minimum absolute atomic E-state index is 0.222. The van der Waals surface area contributed by atoms with Gasteiger partial charge in [-0.3, -0.25) is 9.79 Å². The second-order valence-electron chi connectivity index (χ2n) is 5.98. The first kappa shape index (κ1) is 15.8. The van der Waals surface area contributed by atoms with Crippen LogP contribution in [0.4, 0.5) is 0 Å². The maximum atomic E-state index is 11.5. The zero-order valence-corrected chi connectivity index (χ0v) is 12.4. The van der Waals surface area contributed by atoms with E-state index in [1.165, 1.54) is 25.7 Å². The van der Waals surface area contributed by atoms with Crippen molar-refractivity contribution in [1.82, 2.24) is 4.90 Å². The summed E-state index contributed by atoms with van der Waals surface area (Å²) in [5.41, 5.74) is 5.52. The summed E-state index contributed by atoms with van der Waals surface area (Å²) in [6, 6.07) is 0. The Labute approximate surface area is 116 Å². The van der Waals surface area contributed by atoms with Crippen molar-refractivity contribution in [3.8, 4) is 0 Å². The molecule has 0 radical (unpaired) electrons. The molecule has 0 atom stereocenters. The van der Waals surface area contributed by atoms with Crippen molar-refractivity contribution in [3.63, 3.8) is 0 Å². The van der Waals surface area contributed by atoms with Crippen molar-refractivity contribution < 1.29 is 9.53 Å². The van der Waals surface area contributed by atoms with E-state index in [0.717, 1.165) is 13.1 Å². The topological polar surface area (TPSA) is 67.9 Å². The first-order valence-electron chi connectivity index (χ1n) is 7.15. The fraction of sp³-hybridized carbons (Fsp3) is 0.857. The van der Waals surface area contributed by atoms with Crippen LogP contribution in [-0.2, 0) is 9.53 Å². The number of carbonyl (C=O) groups is 1. The Balaban J connectivity index is 2.32. The van der Waals surface area contributed by atoms with E-state index in [1.54, 1.807) is 0 Å². The smallest absolute Gasteiger partial charge is 0.308 e. The predicted molar refractivity (Wildman–Crippen MR) is 77.0 cm³/mol. The predicted octanol–water partition coefficient (Wildman–Crippen LogP) is 1.91. The van der Waals surface area contributed by atoms with Gasteiger partial charge >= 0.3 is 5.97 Å². The van der Waals surface area contributed by atoms with Crippen LogP contribution in [0.2, 0.25) is 0 Å². The number of aliphatic imine (C=N–C) groups is 1. The van der Waals surface area contributed by atoms with Crippen LogP contribution in [0.5, 0.6) is 0 Å². The Morgan fingerprint density at radius 3 is 2.32 bits per heavy atom. The van der Waals surface area contributed by atoms with E-state index in [2.05, 4.69) is 9.89 Å². The van der Waals surface area contributed by atoms with Crippen LogP contribution in [0.15, 0.2) is 4.99 Å². The maximum absolute atomic E-state index is 11.5. The Hall–Kier alpha value is -1.26.